The average molecular weight is 436 g/mol. The zero-order chi connectivity index (χ0) is 20.4. The fourth-order valence-corrected chi connectivity index (χ4v) is 3.38. The molecule has 0 bridgehead atoms. The number of carbonyl (C=O) groups is 3. The van der Waals surface area contributed by atoms with Crippen LogP contribution >= 0.6 is 23.2 Å². The van der Waals surface area contributed by atoms with Crippen LogP contribution < -0.4 is 15.5 Å². The van der Waals surface area contributed by atoms with Crippen molar-refractivity contribution in [1.29, 1.82) is 0 Å². The number of anilines is 1. The van der Waals surface area contributed by atoms with Gasteiger partial charge in [-0.15, -0.1) is 0 Å². The number of carbonyl (C=O) groups excluding carboxylic acids is 3. The second kappa shape index (κ2) is 8.48. The molecule has 0 aromatic heterocycles. The van der Waals surface area contributed by atoms with Gasteiger partial charge in [0.15, 0.2) is 4.84 Å². The Morgan fingerprint density at radius 1 is 1.32 bits per heavy atom. The van der Waals surface area contributed by atoms with Crippen molar-refractivity contribution in [2.24, 2.45) is 0 Å². The second-order valence-corrected chi connectivity index (χ2v) is 7.62. The molecule has 2 aliphatic rings. The van der Waals surface area contributed by atoms with Gasteiger partial charge in [0.1, 0.15) is 17.7 Å². The normalized spacial score (nSPS) is 22.2. The van der Waals surface area contributed by atoms with Gasteiger partial charge in [-0.25, -0.2) is 13.6 Å². The van der Waals surface area contributed by atoms with Crippen molar-refractivity contribution in [3.05, 3.63) is 29.3 Å². The first-order valence-electron chi connectivity index (χ1n) is 8.56. The van der Waals surface area contributed by atoms with E-state index in [1.807, 2.05) is 0 Å². The third-order valence-corrected chi connectivity index (χ3v) is 5.02. The van der Waals surface area contributed by atoms with Gasteiger partial charge in [-0.3, -0.25) is 14.5 Å². The number of alkyl halides is 2. The Kier molecular flexibility index (Phi) is 6.24. The van der Waals surface area contributed by atoms with Gasteiger partial charge in [-0.2, -0.15) is 0 Å². The summed E-state index contributed by atoms with van der Waals surface area (Å²) in [5.41, 5.74) is -0.111. The molecular weight excluding hydrogens is 419 g/mol. The smallest absolute Gasteiger partial charge is 0.414 e. The largest absolute Gasteiger partial charge is 0.442 e. The van der Waals surface area contributed by atoms with Crippen LogP contribution in [0.4, 0.5) is 19.3 Å². The highest BCUT2D eigenvalue weighted by Gasteiger charge is 2.34. The summed E-state index contributed by atoms with van der Waals surface area (Å²) in [6.45, 7) is 0.107. The summed E-state index contributed by atoms with van der Waals surface area (Å²) < 4.78 is 34.3. The quantitative estimate of drug-likeness (QED) is 0.693. The summed E-state index contributed by atoms with van der Waals surface area (Å²) in [5.74, 6) is -2.86. The number of cyclic esters (lactones) is 1. The van der Waals surface area contributed by atoms with Crippen molar-refractivity contribution >= 4 is 46.8 Å². The first-order chi connectivity index (χ1) is 13.3. The molecule has 28 heavy (non-hydrogen) atoms. The Labute approximate surface area is 169 Å². The van der Waals surface area contributed by atoms with Gasteiger partial charge < -0.3 is 15.4 Å². The number of ether oxygens (including phenoxy) is 1. The highest BCUT2D eigenvalue weighted by atomic mass is 35.5. The molecule has 152 valence electrons. The van der Waals surface area contributed by atoms with Crippen LogP contribution in [0.5, 0.6) is 0 Å². The summed E-state index contributed by atoms with van der Waals surface area (Å²) >= 11 is 10.8. The minimum absolute atomic E-state index is 0.00462. The molecule has 0 aliphatic carbocycles. The van der Waals surface area contributed by atoms with Gasteiger partial charge in [-0.05, 0) is 18.6 Å². The van der Waals surface area contributed by atoms with Gasteiger partial charge in [0.05, 0.1) is 18.8 Å². The lowest BCUT2D eigenvalue weighted by Crippen LogP contribution is -2.37. The van der Waals surface area contributed by atoms with Gasteiger partial charge >= 0.3 is 6.09 Å². The maximum Gasteiger partial charge on any atom is 0.414 e. The summed E-state index contributed by atoms with van der Waals surface area (Å²) in [4.78, 5) is 34.5. The summed E-state index contributed by atoms with van der Waals surface area (Å²) in [7, 11) is 0. The molecule has 2 N–H and O–H groups in total. The van der Waals surface area contributed by atoms with Crippen LogP contribution in [-0.4, -0.2) is 48.5 Å². The fourth-order valence-electron chi connectivity index (χ4n) is 3.23. The van der Waals surface area contributed by atoms with Crippen LogP contribution in [0, 0.1) is 11.6 Å². The van der Waals surface area contributed by atoms with Crippen molar-refractivity contribution in [2.75, 3.05) is 24.5 Å². The molecule has 7 nitrogen and oxygen atoms in total. The van der Waals surface area contributed by atoms with E-state index in [4.69, 9.17) is 27.9 Å². The number of halogens is 4. The minimum atomic E-state index is -1.26. The number of nitrogens with zero attached hydrogens (tertiary/aromatic N) is 1. The van der Waals surface area contributed by atoms with E-state index in [0.29, 0.717) is 6.42 Å². The van der Waals surface area contributed by atoms with E-state index in [1.165, 1.54) is 0 Å². The number of rotatable bonds is 5. The van der Waals surface area contributed by atoms with E-state index in [0.717, 1.165) is 17.0 Å². The molecule has 1 aromatic carbocycles. The number of nitrogens with one attached hydrogen (secondary N) is 2. The lowest BCUT2D eigenvalue weighted by molar-refractivity contribution is -0.122. The summed E-state index contributed by atoms with van der Waals surface area (Å²) in [6, 6.07) is 2.12. The summed E-state index contributed by atoms with van der Waals surface area (Å²) in [5, 5.41) is 4.99. The summed E-state index contributed by atoms with van der Waals surface area (Å²) in [6.07, 6.45) is -0.969. The van der Waals surface area contributed by atoms with Crippen molar-refractivity contribution in [3.8, 4) is 0 Å². The predicted molar refractivity (Wildman–Crippen MR) is 97.5 cm³/mol. The molecule has 2 unspecified atom stereocenters. The molecule has 0 radical (unpaired) electrons. The minimum Gasteiger partial charge on any atom is -0.442 e. The van der Waals surface area contributed by atoms with Crippen molar-refractivity contribution < 1.29 is 27.9 Å². The first-order valence-corrected chi connectivity index (χ1v) is 9.43. The standard InChI is InChI=1S/C17H17Cl2F2N3O4/c18-15(19)16(26)23-6-10-7-24(17(27)28-10)9-3-11(20)14(12(21)4-9)8-1-2-13(25)22-5-8/h3-4,8,10,15H,1-2,5-7H2,(H,22,25)(H,23,26). The molecule has 0 saturated carbocycles. The zero-order valence-electron chi connectivity index (χ0n) is 14.5. The molecule has 2 heterocycles. The second-order valence-electron chi connectivity index (χ2n) is 6.52. The third-order valence-electron chi connectivity index (χ3n) is 4.63. The molecule has 2 aliphatic heterocycles. The van der Waals surface area contributed by atoms with Gasteiger partial charge in [0, 0.05) is 24.4 Å². The number of hydrogen-bond acceptors (Lipinski definition) is 4. The van der Waals surface area contributed by atoms with E-state index < -0.39 is 40.5 Å². The van der Waals surface area contributed by atoms with Crippen molar-refractivity contribution in [2.45, 2.75) is 29.7 Å². The number of benzene rings is 1. The van der Waals surface area contributed by atoms with Gasteiger partial charge in [0.2, 0.25) is 5.91 Å². The maximum absolute atomic E-state index is 14.6. The SMILES string of the molecule is O=C1CCC(c2c(F)cc(N3CC(CNC(=O)C(Cl)Cl)OC3=O)cc2F)CN1. The van der Waals surface area contributed by atoms with E-state index >= 15 is 0 Å². The van der Waals surface area contributed by atoms with Crippen molar-refractivity contribution in [3.63, 3.8) is 0 Å². The number of amides is 3. The molecule has 3 amide bonds. The van der Waals surface area contributed by atoms with E-state index in [2.05, 4.69) is 10.6 Å². The Balaban J connectivity index is 1.71. The van der Waals surface area contributed by atoms with Gasteiger partial charge in [0.25, 0.3) is 5.91 Å². The molecule has 1 aromatic rings. The number of piperidine rings is 1. The lowest BCUT2D eigenvalue weighted by atomic mass is 9.90. The van der Waals surface area contributed by atoms with Crippen LogP contribution in [-0.2, 0) is 14.3 Å². The van der Waals surface area contributed by atoms with Crippen LogP contribution in [0.15, 0.2) is 12.1 Å². The van der Waals surface area contributed by atoms with Crippen molar-refractivity contribution in [1.82, 2.24) is 10.6 Å². The molecule has 3 rings (SSSR count). The third kappa shape index (κ3) is 4.47. The number of hydrogen-bond donors (Lipinski definition) is 2. The van der Waals surface area contributed by atoms with Crippen LogP contribution in [0.1, 0.15) is 24.3 Å². The Hall–Kier alpha value is -2.13. The topological polar surface area (TPSA) is 87.7 Å². The predicted octanol–water partition coefficient (Wildman–Crippen LogP) is 2.20. The van der Waals surface area contributed by atoms with Crippen LogP contribution in [0.25, 0.3) is 0 Å². The fraction of sp³-hybridized carbons (Fsp3) is 0.471. The zero-order valence-corrected chi connectivity index (χ0v) is 16.0. The average Bonchev–Trinajstić information content (AvgIpc) is 3.01. The van der Waals surface area contributed by atoms with Crippen LogP contribution in [0.3, 0.4) is 0 Å². The molecule has 11 heteroatoms. The molecular formula is C17H17Cl2F2N3O4. The Morgan fingerprint density at radius 2 is 2.00 bits per heavy atom. The highest BCUT2D eigenvalue weighted by Crippen LogP contribution is 2.32. The van der Waals surface area contributed by atoms with Crippen LogP contribution in [0.2, 0.25) is 0 Å². The molecule has 2 atom stereocenters. The lowest BCUT2D eigenvalue weighted by Gasteiger charge is -2.24. The van der Waals surface area contributed by atoms with Gasteiger partial charge in [-0.1, -0.05) is 23.2 Å². The van der Waals surface area contributed by atoms with E-state index in [-0.39, 0.29) is 43.2 Å². The highest BCUT2D eigenvalue weighted by molar-refractivity contribution is 6.53. The Bertz CT molecular complexity index is 776. The first kappa shape index (κ1) is 20.6. The monoisotopic (exact) mass is 435 g/mol. The maximum atomic E-state index is 14.6. The van der Waals surface area contributed by atoms with E-state index in [1.54, 1.807) is 0 Å². The molecule has 2 saturated heterocycles. The Morgan fingerprint density at radius 3 is 2.57 bits per heavy atom. The van der Waals surface area contributed by atoms with E-state index in [9.17, 15) is 23.2 Å². The molecule has 2 fully saturated rings. The molecule has 0 spiro atoms.